The summed E-state index contributed by atoms with van der Waals surface area (Å²) >= 11 is 0. The molecule has 3 aromatic heterocycles. The van der Waals surface area contributed by atoms with Crippen LogP contribution < -0.4 is 5.56 Å². The number of hydrogen-bond acceptors (Lipinski definition) is 3. The highest BCUT2D eigenvalue weighted by Crippen LogP contribution is 2.11. The molecule has 0 spiro atoms. The second-order valence-corrected chi connectivity index (χ2v) is 4.99. The average molecular weight is 282 g/mol. The third-order valence-electron chi connectivity index (χ3n) is 3.64. The predicted molar refractivity (Wildman–Crippen MR) is 81.5 cm³/mol. The Labute approximate surface area is 122 Å². The standard InChI is InChI=1S/C16H18N4O/c1-3-13-15-16(21)19(11-12-6-5-7-17-10-12)8-9-20(15)14(4-2)18-13/h5-10H,3-4,11H2,1-2H3. The van der Waals surface area contributed by atoms with Gasteiger partial charge in [-0.25, -0.2) is 4.98 Å². The Morgan fingerprint density at radius 2 is 2.05 bits per heavy atom. The van der Waals surface area contributed by atoms with Gasteiger partial charge in [0.15, 0.2) is 0 Å². The molecule has 0 fully saturated rings. The fourth-order valence-electron chi connectivity index (χ4n) is 2.58. The first-order chi connectivity index (χ1) is 10.2. The molecule has 0 aliphatic heterocycles. The lowest BCUT2D eigenvalue weighted by molar-refractivity contribution is 0.745. The summed E-state index contributed by atoms with van der Waals surface area (Å²) < 4.78 is 3.63. The second-order valence-electron chi connectivity index (χ2n) is 4.99. The van der Waals surface area contributed by atoms with E-state index in [-0.39, 0.29) is 5.56 Å². The molecule has 5 nitrogen and oxygen atoms in total. The monoisotopic (exact) mass is 282 g/mol. The number of hydrogen-bond donors (Lipinski definition) is 0. The number of nitrogens with zero attached hydrogens (tertiary/aromatic N) is 4. The summed E-state index contributed by atoms with van der Waals surface area (Å²) in [6, 6.07) is 3.85. The van der Waals surface area contributed by atoms with Gasteiger partial charge in [0.05, 0.1) is 12.2 Å². The van der Waals surface area contributed by atoms with Gasteiger partial charge in [0.25, 0.3) is 5.56 Å². The van der Waals surface area contributed by atoms with Crippen molar-refractivity contribution in [3.8, 4) is 0 Å². The quantitative estimate of drug-likeness (QED) is 0.736. The van der Waals surface area contributed by atoms with E-state index in [1.54, 1.807) is 17.0 Å². The number of pyridine rings is 1. The Hall–Kier alpha value is -2.43. The molecule has 0 atom stereocenters. The van der Waals surface area contributed by atoms with Gasteiger partial charge in [-0.1, -0.05) is 19.9 Å². The fourth-order valence-corrected chi connectivity index (χ4v) is 2.58. The van der Waals surface area contributed by atoms with E-state index in [2.05, 4.69) is 16.9 Å². The summed E-state index contributed by atoms with van der Waals surface area (Å²) in [7, 11) is 0. The van der Waals surface area contributed by atoms with E-state index < -0.39 is 0 Å². The Morgan fingerprint density at radius 1 is 1.19 bits per heavy atom. The smallest absolute Gasteiger partial charge is 0.277 e. The first-order valence-electron chi connectivity index (χ1n) is 7.22. The number of aromatic nitrogens is 4. The van der Waals surface area contributed by atoms with Crippen LogP contribution >= 0.6 is 0 Å². The van der Waals surface area contributed by atoms with Gasteiger partial charge >= 0.3 is 0 Å². The molecule has 5 heteroatoms. The topological polar surface area (TPSA) is 52.2 Å². The minimum atomic E-state index is 0.00500. The van der Waals surface area contributed by atoms with Crippen molar-refractivity contribution in [2.75, 3.05) is 0 Å². The van der Waals surface area contributed by atoms with Crippen molar-refractivity contribution in [3.63, 3.8) is 0 Å². The van der Waals surface area contributed by atoms with Crippen LogP contribution in [0.15, 0.2) is 41.7 Å². The average Bonchev–Trinajstić information content (AvgIpc) is 2.90. The Morgan fingerprint density at radius 3 is 2.71 bits per heavy atom. The van der Waals surface area contributed by atoms with Gasteiger partial charge in [0.2, 0.25) is 0 Å². The van der Waals surface area contributed by atoms with E-state index in [0.717, 1.165) is 29.9 Å². The van der Waals surface area contributed by atoms with Crippen molar-refractivity contribution < 1.29 is 0 Å². The van der Waals surface area contributed by atoms with Crippen LogP contribution in [0.1, 0.15) is 30.9 Å². The molecule has 3 rings (SSSR count). The number of fused-ring (bicyclic) bond motifs is 1. The SMILES string of the molecule is CCc1nc(CC)n2ccn(Cc3cccnc3)c(=O)c12. The summed E-state index contributed by atoms with van der Waals surface area (Å²) in [6.45, 7) is 4.61. The summed E-state index contributed by atoms with van der Waals surface area (Å²) in [4.78, 5) is 21.4. The Bertz CT molecular complexity index is 817. The van der Waals surface area contributed by atoms with E-state index >= 15 is 0 Å². The van der Waals surface area contributed by atoms with Crippen molar-refractivity contribution in [1.29, 1.82) is 0 Å². The van der Waals surface area contributed by atoms with Crippen LogP contribution in [-0.4, -0.2) is 18.9 Å². The van der Waals surface area contributed by atoms with E-state index in [1.165, 1.54) is 0 Å². The lowest BCUT2D eigenvalue weighted by Gasteiger charge is -2.07. The van der Waals surface area contributed by atoms with Crippen molar-refractivity contribution in [3.05, 3.63) is 64.4 Å². The summed E-state index contributed by atoms with van der Waals surface area (Å²) in [6.07, 6.45) is 8.84. The van der Waals surface area contributed by atoms with Gasteiger partial charge in [-0.15, -0.1) is 0 Å². The van der Waals surface area contributed by atoms with Gasteiger partial charge in [0, 0.05) is 31.2 Å². The highest BCUT2D eigenvalue weighted by molar-refractivity contribution is 5.51. The number of rotatable bonds is 4. The van der Waals surface area contributed by atoms with E-state index in [0.29, 0.717) is 12.1 Å². The molecule has 0 aliphatic carbocycles. The fraction of sp³-hybridized carbons (Fsp3) is 0.312. The normalized spacial score (nSPS) is 11.1. The van der Waals surface area contributed by atoms with Crippen molar-refractivity contribution >= 4 is 5.52 Å². The molecule has 0 saturated heterocycles. The van der Waals surface area contributed by atoms with Gasteiger partial charge < -0.3 is 4.57 Å². The zero-order valence-corrected chi connectivity index (χ0v) is 12.3. The Balaban J connectivity index is 2.14. The zero-order valence-electron chi connectivity index (χ0n) is 12.3. The summed E-state index contributed by atoms with van der Waals surface area (Å²) in [5.74, 6) is 0.937. The third kappa shape index (κ3) is 2.35. The van der Waals surface area contributed by atoms with Crippen LogP contribution in [-0.2, 0) is 19.4 Å². The summed E-state index contributed by atoms with van der Waals surface area (Å²) in [5, 5.41) is 0. The minimum Gasteiger partial charge on any atom is -0.308 e. The molecule has 108 valence electrons. The molecular formula is C16H18N4O. The van der Waals surface area contributed by atoms with Crippen LogP contribution in [0, 0.1) is 0 Å². The molecule has 0 aliphatic rings. The molecule has 0 saturated carbocycles. The van der Waals surface area contributed by atoms with Crippen molar-refractivity contribution in [2.45, 2.75) is 33.2 Å². The summed E-state index contributed by atoms with van der Waals surface area (Å²) in [5.41, 5.74) is 2.58. The maximum atomic E-state index is 12.7. The molecule has 0 aromatic carbocycles. The minimum absolute atomic E-state index is 0.00500. The first kappa shape index (κ1) is 13.5. The van der Waals surface area contributed by atoms with E-state index in [1.807, 2.05) is 35.9 Å². The highest BCUT2D eigenvalue weighted by Gasteiger charge is 2.13. The van der Waals surface area contributed by atoms with Gasteiger partial charge in [-0.3, -0.25) is 14.2 Å². The molecule has 3 aromatic rings. The lowest BCUT2D eigenvalue weighted by atomic mass is 10.2. The second kappa shape index (κ2) is 5.52. The van der Waals surface area contributed by atoms with Gasteiger partial charge in [-0.05, 0) is 18.1 Å². The van der Waals surface area contributed by atoms with Gasteiger partial charge in [0.1, 0.15) is 11.3 Å². The molecule has 0 unspecified atom stereocenters. The maximum absolute atomic E-state index is 12.7. The van der Waals surface area contributed by atoms with E-state index in [4.69, 9.17) is 0 Å². The molecule has 3 heterocycles. The van der Waals surface area contributed by atoms with Crippen LogP contribution in [0.3, 0.4) is 0 Å². The largest absolute Gasteiger partial charge is 0.308 e. The predicted octanol–water partition coefficient (Wildman–Crippen LogP) is 2.06. The van der Waals surface area contributed by atoms with E-state index in [9.17, 15) is 4.79 Å². The third-order valence-corrected chi connectivity index (χ3v) is 3.64. The van der Waals surface area contributed by atoms with Crippen LogP contribution in [0.2, 0.25) is 0 Å². The molecule has 0 N–H and O–H groups in total. The van der Waals surface area contributed by atoms with Crippen molar-refractivity contribution in [1.82, 2.24) is 18.9 Å². The highest BCUT2D eigenvalue weighted by atomic mass is 16.1. The maximum Gasteiger partial charge on any atom is 0.277 e. The molecule has 0 bridgehead atoms. The first-order valence-corrected chi connectivity index (χ1v) is 7.22. The molecular weight excluding hydrogens is 264 g/mol. The van der Waals surface area contributed by atoms with Crippen molar-refractivity contribution in [2.24, 2.45) is 0 Å². The number of aryl methyl sites for hydroxylation is 2. The lowest BCUT2D eigenvalue weighted by Crippen LogP contribution is -2.22. The van der Waals surface area contributed by atoms with Crippen LogP contribution in [0.5, 0.6) is 0 Å². The van der Waals surface area contributed by atoms with Crippen LogP contribution in [0.25, 0.3) is 5.52 Å². The van der Waals surface area contributed by atoms with Gasteiger partial charge in [-0.2, -0.15) is 0 Å². The Kier molecular flexibility index (Phi) is 3.56. The molecule has 0 amide bonds. The zero-order chi connectivity index (χ0) is 14.8. The van der Waals surface area contributed by atoms with Crippen LogP contribution in [0.4, 0.5) is 0 Å². The number of imidazole rings is 1. The molecule has 0 radical (unpaired) electrons. The molecule has 21 heavy (non-hydrogen) atoms.